The van der Waals surface area contributed by atoms with Crippen LogP contribution in [0.3, 0.4) is 0 Å². The number of nitrogens with one attached hydrogen (secondary N) is 1. The monoisotopic (exact) mass is 148 g/mol. The first-order valence-corrected chi connectivity index (χ1v) is 3.71. The van der Waals surface area contributed by atoms with Crippen LogP contribution in [-0.4, -0.2) is 6.54 Å². The highest BCUT2D eigenvalue weighted by Crippen LogP contribution is 1.96. The Balaban J connectivity index is 2.24. The van der Waals surface area contributed by atoms with Crippen molar-refractivity contribution >= 4 is 0 Å². The average Bonchev–Trinajstić information content (AvgIpc) is 2.14. The third-order valence-corrected chi connectivity index (χ3v) is 1.43. The minimum atomic E-state index is 0.762. The van der Waals surface area contributed by atoms with E-state index in [9.17, 15) is 0 Å². The van der Waals surface area contributed by atoms with E-state index in [0.717, 1.165) is 13.1 Å². The summed E-state index contributed by atoms with van der Waals surface area (Å²) in [6, 6.07) is 10.2. The van der Waals surface area contributed by atoms with Gasteiger partial charge in [0.25, 0.3) is 0 Å². The van der Waals surface area contributed by atoms with E-state index in [0.29, 0.717) is 0 Å². The molecule has 0 radical (unpaired) electrons. The second-order valence-electron chi connectivity index (χ2n) is 2.35. The lowest BCUT2D eigenvalue weighted by atomic mass is 10.2. The highest BCUT2D eigenvalue weighted by atomic mass is 14.8. The largest absolute Gasteiger partial charge is 0.309 e. The smallest absolute Gasteiger partial charge is 0.0535 e. The zero-order valence-corrected chi connectivity index (χ0v) is 6.46. The van der Waals surface area contributed by atoms with E-state index < -0.39 is 0 Å². The quantitative estimate of drug-likeness (QED) is 0.508. The molecule has 1 aromatic carbocycles. The number of rotatable bonds is 4. The standard InChI is InChI=1S/C10H13N/c1-2-8-11-9-10-6-4-3-5-7-10/h2-7,11H,1,8-9H2/i1D. The predicted molar refractivity (Wildman–Crippen MR) is 48.3 cm³/mol. The minimum absolute atomic E-state index is 0.762. The van der Waals surface area contributed by atoms with E-state index in [1.807, 2.05) is 18.2 Å². The number of hydrogen-bond acceptors (Lipinski definition) is 1. The molecule has 1 rings (SSSR count). The molecule has 0 amide bonds. The van der Waals surface area contributed by atoms with Crippen LogP contribution in [0.15, 0.2) is 43.0 Å². The van der Waals surface area contributed by atoms with Crippen molar-refractivity contribution in [3.8, 4) is 0 Å². The molecular weight excluding hydrogens is 134 g/mol. The van der Waals surface area contributed by atoms with Crippen LogP contribution in [0.1, 0.15) is 6.93 Å². The minimum Gasteiger partial charge on any atom is -0.309 e. The van der Waals surface area contributed by atoms with Gasteiger partial charge in [-0.2, -0.15) is 0 Å². The molecule has 11 heavy (non-hydrogen) atoms. The van der Waals surface area contributed by atoms with Crippen LogP contribution in [0.2, 0.25) is 0 Å². The van der Waals surface area contributed by atoms with Crippen molar-refractivity contribution < 1.29 is 1.37 Å². The summed E-state index contributed by atoms with van der Waals surface area (Å²) in [5.41, 5.74) is 1.27. The SMILES string of the molecule is [2H]C=CCNCc1ccccc1. The van der Waals surface area contributed by atoms with Gasteiger partial charge in [-0.1, -0.05) is 36.4 Å². The van der Waals surface area contributed by atoms with Gasteiger partial charge < -0.3 is 5.32 Å². The normalized spacial score (nSPS) is 11.8. The molecule has 1 aromatic rings. The molecule has 0 aliphatic heterocycles. The van der Waals surface area contributed by atoms with Crippen molar-refractivity contribution in [1.82, 2.24) is 5.32 Å². The van der Waals surface area contributed by atoms with Gasteiger partial charge in [-0.3, -0.25) is 0 Å². The second kappa shape index (κ2) is 4.69. The first kappa shape index (κ1) is 6.62. The molecule has 0 heterocycles. The summed E-state index contributed by atoms with van der Waals surface area (Å²) in [7, 11) is 0. The molecule has 0 bridgehead atoms. The number of hydrogen-bond donors (Lipinski definition) is 1. The Hall–Kier alpha value is -1.08. The van der Waals surface area contributed by atoms with E-state index in [2.05, 4.69) is 17.4 Å². The fourth-order valence-corrected chi connectivity index (χ4v) is 0.896. The van der Waals surface area contributed by atoms with E-state index in [1.54, 1.807) is 6.08 Å². The third kappa shape index (κ3) is 3.01. The molecule has 0 saturated carbocycles. The van der Waals surface area contributed by atoms with Gasteiger partial charge in [0.2, 0.25) is 0 Å². The highest BCUT2D eigenvalue weighted by molar-refractivity contribution is 5.14. The van der Waals surface area contributed by atoms with E-state index >= 15 is 0 Å². The summed E-state index contributed by atoms with van der Waals surface area (Å²) in [5.74, 6) is 0. The van der Waals surface area contributed by atoms with Crippen LogP contribution in [0, 0.1) is 0 Å². The molecule has 0 spiro atoms. The van der Waals surface area contributed by atoms with Gasteiger partial charge >= 0.3 is 0 Å². The lowest BCUT2D eigenvalue weighted by Crippen LogP contribution is -2.12. The van der Waals surface area contributed by atoms with Crippen LogP contribution in [0.5, 0.6) is 0 Å². The molecule has 0 aliphatic rings. The first-order chi connectivity index (χ1) is 5.93. The van der Waals surface area contributed by atoms with Crippen molar-refractivity contribution in [2.75, 3.05) is 6.54 Å². The van der Waals surface area contributed by atoms with Crippen molar-refractivity contribution in [1.29, 1.82) is 0 Å². The summed E-state index contributed by atoms with van der Waals surface area (Å²) in [5, 5.41) is 3.20. The summed E-state index contributed by atoms with van der Waals surface area (Å²) in [6.07, 6.45) is 1.78. The van der Waals surface area contributed by atoms with Crippen LogP contribution in [0.4, 0.5) is 0 Å². The van der Waals surface area contributed by atoms with Gasteiger partial charge in [-0.25, -0.2) is 0 Å². The summed E-state index contributed by atoms with van der Waals surface area (Å²) < 4.78 is 6.77. The summed E-state index contributed by atoms with van der Waals surface area (Å²) in [4.78, 5) is 0. The van der Waals surface area contributed by atoms with Crippen molar-refractivity contribution in [3.05, 3.63) is 48.5 Å². The Kier molecular flexibility index (Phi) is 2.82. The van der Waals surface area contributed by atoms with Gasteiger partial charge in [-0.15, -0.1) is 6.55 Å². The zero-order valence-electron chi connectivity index (χ0n) is 7.46. The molecule has 0 unspecified atom stereocenters. The summed E-state index contributed by atoms with van der Waals surface area (Å²) >= 11 is 0. The second-order valence-corrected chi connectivity index (χ2v) is 2.35. The molecule has 0 aromatic heterocycles. The summed E-state index contributed by atoms with van der Waals surface area (Å²) in [6.45, 7) is 2.93. The van der Waals surface area contributed by atoms with Crippen LogP contribution >= 0.6 is 0 Å². The van der Waals surface area contributed by atoms with Gasteiger partial charge in [0, 0.05) is 13.1 Å². The molecular formula is C10H13N. The maximum atomic E-state index is 6.77. The van der Waals surface area contributed by atoms with Crippen molar-refractivity contribution in [2.45, 2.75) is 6.54 Å². The first-order valence-electron chi connectivity index (χ1n) is 4.29. The molecule has 1 N–H and O–H groups in total. The maximum Gasteiger partial charge on any atom is 0.0535 e. The van der Waals surface area contributed by atoms with E-state index in [4.69, 9.17) is 1.37 Å². The van der Waals surface area contributed by atoms with Crippen LogP contribution < -0.4 is 5.32 Å². The number of benzene rings is 1. The topological polar surface area (TPSA) is 12.0 Å². The molecule has 58 valence electrons. The van der Waals surface area contributed by atoms with Gasteiger partial charge in [-0.05, 0) is 5.56 Å². The molecule has 0 fully saturated rings. The molecule has 0 atom stereocenters. The lowest BCUT2D eigenvalue weighted by molar-refractivity contribution is 0.760. The lowest BCUT2D eigenvalue weighted by Gasteiger charge is -1.99. The molecule has 0 aliphatic carbocycles. The van der Waals surface area contributed by atoms with Gasteiger partial charge in [0.15, 0.2) is 0 Å². The van der Waals surface area contributed by atoms with Crippen LogP contribution in [-0.2, 0) is 6.54 Å². The Labute approximate surface area is 69.2 Å². The Morgan fingerprint density at radius 2 is 2.27 bits per heavy atom. The third-order valence-electron chi connectivity index (χ3n) is 1.43. The Morgan fingerprint density at radius 3 is 3.00 bits per heavy atom. The van der Waals surface area contributed by atoms with E-state index in [1.165, 1.54) is 12.1 Å². The van der Waals surface area contributed by atoms with Crippen molar-refractivity contribution in [2.24, 2.45) is 0 Å². The highest BCUT2D eigenvalue weighted by Gasteiger charge is 1.86. The maximum absolute atomic E-state index is 6.77. The Bertz CT molecular complexity index is 231. The molecule has 1 heteroatoms. The predicted octanol–water partition coefficient (Wildman–Crippen LogP) is 1.96. The molecule has 0 saturated heterocycles. The van der Waals surface area contributed by atoms with Gasteiger partial charge in [0.1, 0.15) is 0 Å². The fourth-order valence-electron chi connectivity index (χ4n) is 0.896. The van der Waals surface area contributed by atoms with Crippen molar-refractivity contribution in [3.63, 3.8) is 0 Å². The Morgan fingerprint density at radius 1 is 1.45 bits per heavy atom. The van der Waals surface area contributed by atoms with Gasteiger partial charge in [0.05, 0.1) is 1.37 Å². The molecule has 1 nitrogen and oxygen atoms in total. The zero-order chi connectivity index (χ0) is 8.65. The van der Waals surface area contributed by atoms with Crippen LogP contribution in [0.25, 0.3) is 0 Å². The average molecular weight is 148 g/mol. The van der Waals surface area contributed by atoms with E-state index in [-0.39, 0.29) is 0 Å². The fraction of sp³-hybridized carbons (Fsp3) is 0.200.